The number of phenolic OH excluding ortho intramolecular Hbond substituents is 2. The highest BCUT2D eigenvalue weighted by molar-refractivity contribution is 6.31. The number of amidine groups is 1. The fourth-order valence-corrected chi connectivity index (χ4v) is 6.31. The van der Waals surface area contributed by atoms with Gasteiger partial charge in [-0.15, -0.1) is 0 Å². The van der Waals surface area contributed by atoms with Crippen LogP contribution >= 0.6 is 11.6 Å². The highest BCUT2D eigenvalue weighted by atomic mass is 35.5. The molecule has 2 aliphatic rings. The van der Waals surface area contributed by atoms with Crippen LogP contribution in [0.5, 0.6) is 11.5 Å². The fourth-order valence-electron chi connectivity index (χ4n) is 6.09. The van der Waals surface area contributed by atoms with E-state index in [1.54, 1.807) is 30.3 Å². The summed E-state index contributed by atoms with van der Waals surface area (Å²) in [4.78, 5) is 11.9. The molecule has 6 rings (SSSR count). The van der Waals surface area contributed by atoms with Crippen LogP contribution in [0.15, 0.2) is 90.1 Å². The lowest BCUT2D eigenvalue weighted by Crippen LogP contribution is -2.18. The summed E-state index contributed by atoms with van der Waals surface area (Å²) in [6.07, 6.45) is 4.94. The van der Waals surface area contributed by atoms with Crippen molar-refractivity contribution in [1.82, 2.24) is 0 Å². The van der Waals surface area contributed by atoms with Crippen LogP contribution in [0.2, 0.25) is 5.02 Å². The molecule has 7 nitrogen and oxygen atoms in total. The van der Waals surface area contributed by atoms with Crippen LogP contribution in [0.25, 0.3) is 33.4 Å². The minimum absolute atomic E-state index is 0.0130. The third-order valence-electron chi connectivity index (χ3n) is 8.30. The van der Waals surface area contributed by atoms with Crippen molar-refractivity contribution >= 4 is 34.5 Å². The number of carbonyl (C=O) groups is 1. The number of alkyl halides is 3. The van der Waals surface area contributed by atoms with Crippen LogP contribution in [-0.4, -0.2) is 27.2 Å². The first-order valence-electron chi connectivity index (χ1n) is 15.2. The zero-order valence-corrected chi connectivity index (χ0v) is 26.4. The van der Waals surface area contributed by atoms with E-state index in [1.165, 1.54) is 12.1 Å². The number of halogens is 4. The topological polar surface area (TPSA) is 142 Å². The van der Waals surface area contributed by atoms with Crippen molar-refractivity contribution in [2.45, 2.75) is 44.7 Å². The highest BCUT2D eigenvalue weighted by Gasteiger charge is 2.33. The molecule has 0 bridgehead atoms. The second-order valence-electron chi connectivity index (χ2n) is 11.5. The molecule has 0 fully saturated rings. The number of nitrogens with zero attached hydrogens (tertiary/aromatic N) is 1. The number of nitrogens with two attached hydrogens (primary N) is 2. The van der Waals surface area contributed by atoms with Gasteiger partial charge in [0.15, 0.2) is 5.84 Å². The minimum Gasteiger partial charge on any atom is -0.508 e. The van der Waals surface area contributed by atoms with E-state index in [1.807, 2.05) is 24.3 Å². The average Bonchev–Trinajstić information content (AvgIpc) is 3.79. The molecule has 48 heavy (non-hydrogen) atoms. The zero-order chi connectivity index (χ0) is 34.6. The van der Waals surface area contributed by atoms with Crippen LogP contribution in [0, 0.1) is 0 Å². The molecule has 0 saturated heterocycles. The summed E-state index contributed by atoms with van der Waals surface area (Å²) >= 11 is 6.18. The third kappa shape index (κ3) is 7.50. The number of aromatic hydroxyl groups is 2. The molecule has 4 aromatic rings. The van der Waals surface area contributed by atoms with E-state index in [4.69, 9.17) is 28.3 Å². The summed E-state index contributed by atoms with van der Waals surface area (Å²) in [5.41, 5.74) is 16.9. The van der Waals surface area contributed by atoms with E-state index in [0.29, 0.717) is 33.7 Å². The van der Waals surface area contributed by atoms with Crippen molar-refractivity contribution in [2.24, 2.45) is 16.6 Å². The normalized spacial score (nSPS) is 14.6. The third-order valence-corrected chi connectivity index (χ3v) is 8.52. The van der Waals surface area contributed by atoms with E-state index < -0.39 is 17.6 Å². The number of hydrogen-bond acceptors (Lipinski definition) is 5. The molecule has 0 aliphatic heterocycles. The summed E-state index contributed by atoms with van der Waals surface area (Å²) in [6, 6.07) is 18.2. The minimum atomic E-state index is -4.58. The predicted molar refractivity (Wildman–Crippen MR) is 182 cm³/mol. The Labute approximate surface area is 280 Å². The van der Waals surface area contributed by atoms with Crippen molar-refractivity contribution in [2.75, 3.05) is 0 Å². The number of hydrogen-bond donors (Lipinski definition) is 5. The number of benzene rings is 4. The molecular weight excluding hydrogens is 643 g/mol. The molecule has 0 unspecified atom stereocenters. The van der Waals surface area contributed by atoms with Gasteiger partial charge in [-0.25, -0.2) is 0 Å². The molecule has 0 aromatic heterocycles. The molecule has 0 heterocycles. The Morgan fingerprint density at radius 2 is 1.21 bits per heavy atom. The maximum absolute atomic E-state index is 13.4. The molecule has 0 radical (unpaired) electrons. The highest BCUT2D eigenvalue weighted by Crippen LogP contribution is 2.42. The summed E-state index contributed by atoms with van der Waals surface area (Å²) in [5.74, 6) is -0.647. The number of rotatable bonds is 6. The van der Waals surface area contributed by atoms with Crippen LogP contribution < -0.4 is 11.5 Å². The summed E-state index contributed by atoms with van der Waals surface area (Å²) in [6.45, 7) is 0. The number of allylic oxidation sites excluding steroid dienone is 4. The lowest BCUT2D eigenvalue weighted by atomic mass is 9.87. The lowest BCUT2D eigenvalue weighted by Gasteiger charge is -2.19. The van der Waals surface area contributed by atoms with Gasteiger partial charge in [-0.2, -0.15) is 13.2 Å². The number of primary amides is 1. The SMILES string of the molecule is NC(=NO)c1cc(C(F)(F)F)cc(-c2ccc(O)cc2)c1C1=CCCC1.NC(=O)c1cc(Cl)cc(-c2ccc(O)cc2)c1C1=CCCC1. The van der Waals surface area contributed by atoms with Crippen LogP contribution in [0.3, 0.4) is 0 Å². The summed E-state index contributed by atoms with van der Waals surface area (Å²) < 4.78 is 40.2. The van der Waals surface area contributed by atoms with Gasteiger partial charge in [0, 0.05) is 16.1 Å². The van der Waals surface area contributed by atoms with Gasteiger partial charge >= 0.3 is 6.18 Å². The van der Waals surface area contributed by atoms with Gasteiger partial charge in [0.1, 0.15) is 11.5 Å². The fraction of sp³-hybridized carbons (Fsp3) is 0.189. The second-order valence-corrected chi connectivity index (χ2v) is 11.9. The molecule has 0 atom stereocenters. The van der Waals surface area contributed by atoms with Gasteiger partial charge < -0.3 is 26.9 Å². The standard InChI is InChI=1S/C19H17F3N2O2.C18H16ClNO2/c20-19(21,22)13-9-15(11-5-7-14(25)8-6-11)17(12-3-1-2-4-12)16(10-13)18(23)24-26;19-13-9-15(11-5-7-14(21)8-6-11)17(12-3-1-2-4-12)16(10-13)18(20)22/h3,5-10,25-26H,1-2,4H2,(H2,23,24);3,5-10,21H,1-2,4H2,(H2,20,22). The zero-order valence-electron chi connectivity index (χ0n) is 25.7. The lowest BCUT2D eigenvalue weighted by molar-refractivity contribution is -0.137. The monoisotopic (exact) mass is 675 g/mol. The Hall–Kier alpha value is -5.22. The van der Waals surface area contributed by atoms with Gasteiger partial charge in [-0.1, -0.05) is 53.2 Å². The first kappa shape index (κ1) is 34.1. The first-order valence-corrected chi connectivity index (χ1v) is 15.6. The maximum atomic E-state index is 13.4. The largest absolute Gasteiger partial charge is 0.508 e. The van der Waals surface area contributed by atoms with Crippen molar-refractivity contribution in [3.05, 3.63) is 118 Å². The number of phenols is 2. The van der Waals surface area contributed by atoms with Crippen LogP contribution in [0.4, 0.5) is 13.2 Å². The van der Waals surface area contributed by atoms with Gasteiger partial charge in [-0.3, -0.25) is 4.79 Å². The molecule has 11 heteroatoms. The van der Waals surface area contributed by atoms with Gasteiger partial charge in [-0.05, 0) is 132 Å². The van der Waals surface area contributed by atoms with Crippen molar-refractivity contribution in [3.8, 4) is 33.8 Å². The number of amides is 1. The van der Waals surface area contributed by atoms with Gasteiger partial charge in [0.25, 0.3) is 0 Å². The summed E-state index contributed by atoms with van der Waals surface area (Å²) in [7, 11) is 0. The van der Waals surface area contributed by atoms with Crippen LogP contribution in [-0.2, 0) is 6.18 Å². The number of carbonyl (C=O) groups excluding carboxylic acids is 1. The van der Waals surface area contributed by atoms with E-state index in [-0.39, 0.29) is 22.9 Å². The van der Waals surface area contributed by atoms with Crippen molar-refractivity contribution in [1.29, 1.82) is 0 Å². The Kier molecular flexibility index (Phi) is 10.1. The van der Waals surface area contributed by atoms with Gasteiger partial charge in [0.2, 0.25) is 5.91 Å². The molecular formula is C37H33ClF3N3O4. The smallest absolute Gasteiger partial charge is 0.416 e. The average molecular weight is 676 g/mol. The van der Waals surface area contributed by atoms with Crippen LogP contribution in [0.1, 0.15) is 71.1 Å². The first-order chi connectivity index (χ1) is 22.9. The Morgan fingerprint density at radius 1 is 0.729 bits per heavy atom. The second kappa shape index (κ2) is 14.3. The van der Waals surface area contributed by atoms with E-state index >= 15 is 0 Å². The molecule has 2 aliphatic carbocycles. The molecule has 7 N–H and O–H groups in total. The quantitative estimate of drug-likeness (QED) is 0.0600. The Morgan fingerprint density at radius 3 is 1.62 bits per heavy atom. The maximum Gasteiger partial charge on any atom is 0.416 e. The molecule has 4 aromatic carbocycles. The molecule has 248 valence electrons. The van der Waals surface area contributed by atoms with E-state index in [2.05, 4.69) is 11.2 Å². The van der Waals surface area contributed by atoms with E-state index in [9.17, 15) is 28.2 Å². The van der Waals surface area contributed by atoms with Crippen molar-refractivity contribution < 1.29 is 33.4 Å². The molecule has 0 spiro atoms. The predicted octanol–water partition coefficient (Wildman–Crippen LogP) is 9.12. The van der Waals surface area contributed by atoms with Gasteiger partial charge in [0.05, 0.1) is 5.56 Å². The van der Waals surface area contributed by atoms with Crippen molar-refractivity contribution in [3.63, 3.8) is 0 Å². The number of oxime groups is 1. The van der Waals surface area contributed by atoms with E-state index in [0.717, 1.165) is 72.1 Å². The molecule has 0 saturated carbocycles. The molecule has 1 amide bonds. The summed E-state index contributed by atoms with van der Waals surface area (Å²) in [5, 5.41) is 31.4. The Balaban J connectivity index is 0.000000190. The Bertz CT molecular complexity index is 1930.